The summed E-state index contributed by atoms with van der Waals surface area (Å²) in [6.45, 7) is 4.23. The minimum atomic E-state index is -0.647. The molecule has 0 aromatic heterocycles. The van der Waals surface area contributed by atoms with Crippen molar-refractivity contribution in [2.75, 3.05) is 13.2 Å². The molecule has 1 aromatic rings. The normalized spacial score (nSPS) is 12.1. The molecule has 0 fully saturated rings. The molecule has 1 aromatic carbocycles. The average Bonchev–Trinajstić information content (AvgIpc) is 2.84. The number of esters is 2. The van der Waals surface area contributed by atoms with Crippen molar-refractivity contribution in [3.05, 3.63) is 48.0 Å². The Labute approximate surface area is 207 Å². The van der Waals surface area contributed by atoms with Crippen molar-refractivity contribution in [1.82, 2.24) is 0 Å². The number of hydrogen-bond acceptors (Lipinski definition) is 5. The van der Waals surface area contributed by atoms with Crippen LogP contribution >= 0.6 is 0 Å². The van der Waals surface area contributed by atoms with Gasteiger partial charge in [0, 0.05) is 6.42 Å². The van der Waals surface area contributed by atoms with Crippen LogP contribution in [0.25, 0.3) is 0 Å². The molecule has 0 N–H and O–H groups in total. The van der Waals surface area contributed by atoms with Gasteiger partial charge < -0.3 is 14.2 Å². The number of ether oxygens (including phenoxy) is 3. The highest BCUT2D eigenvalue weighted by Crippen LogP contribution is 2.11. The molecule has 5 nitrogen and oxygen atoms in total. The molecule has 0 saturated carbocycles. The van der Waals surface area contributed by atoms with Gasteiger partial charge in [-0.2, -0.15) is 0 Å². The largest absolute Gasteiger partial charge is 0.460 e. The molecule has 1 unspecified atom stereocenters. The molecule has 5 heteroatoms. The highest BCUT2D eigenvalue weighted by Gasteiger charge is 2.10. The third kappa shape index (κ3) is 17.4. The zero-order chi connectivity index (χ0) is 24.7. The van der Waals surface area contributed by atoms with Crippen LogP contribution in [0.1, 0.15) is 114 Å². The van der Waals surface area contributed by atoms with Gasteiger partial charge in [0.05, 0.1) is 12.2 Å². The first-order chi connectivity index (χ1) is 16.6. The van der Waals surface area contributed by atoms with E-state index in [-0.39, 0.29) is 19.2 Å². The summed E-state index contributed by atoms with van der Waals surface area (Å²) in [5.41, 5.74) is 0.502. The number of unbranched alkanes of at least 4 members (excludes halogenated alkanes) is 11. The van der Waals surface area contributed by atoms with Gasteiger partial charge in [0.25, 0.3) is 0 Å². The van der Waals surface area contributed by atoms with Crippen LogP contribution in [0.4, 0.5) is 0 Å². The van der Waals surface area contributed by atoms with Gasteiger partial charge in [0.2, 0.25) is 0 Å². The van der Waals surface area contributed by atoms with E-state index in [2.05, 4.69) is 19.1 Å². The molecule has 1 rings (SSSR count). The lowest BCUT2D eigenvalue weighted by atomic mass is 10.1. The summed E-state index contributed by atoms with van der Waals surface area (Å²) >= 11 is 0. The Hall–Kier alpha value is -2.14. The minimum absolute atomic E-state index is 0.115. The SMILES string of the molecule is CCCCCCCC/C=C\CCCCCCCC(=O)OC(C)OCCOC(=O)c1ccccc1. The number of benzene rings is 1. The lowest BCUT2D eigenvalue weighted by Crippen LogP contribution is -2.21. The third-order valence-electron chi connectivity index (χ3n) is 5.62. The smallest absolute Gasteiger partial charge is 0.338 e. The molecule has 0 saturated heterocycles. The maximum absolute atomic E-state index is 11.9. The number of hydrogen-bond donors (Lipinski definition) is 0. The lowest BCUT2D eigenvalue weighted by molar-refractivity contribution is -0.176. The summed E-state index contributed by atoms with van der Waals surface area (Å²) in [5.74, 6) is -0.635. The van der Waals surface area contributed by atoms with Gasteiger partial charge in [0.1, 0.15) is 6.61 Å². The van der Waals surface area contributed by atoms with E-state index in [1.165, 1.54) is 57.8 Å². The molecule has 0 amide bonds. The molecule has 0 heterocycles. The van der Waals surface area contributed by atoms with Crippen LogP contribution in [0.15, 0.2) is 42.5 Å². The van der Waals surface area contributed by atoms with Gasteiger partial charge in [-0.3, -0.25) is 4.79 Å². The van der Waals surface area contributed by atoms with E-state index in [1.54, 1.807) is 31.2 Å². The predicted octanol–water partition coefficient (Wildman–Crippen LogP) is 7.79. The topological polar surface area (TPSA) is 61.8 Å². The van der Waals surface area contributed by atoms with Crippen molar-refractivity contribution in [3.8, 4) is 0 Å². The molecule has 0 aliphatic heterocycles. The molecule has 34 heavy (non-hydrogen) atoms. The van der Waals surface area contributed by atoms with Gasteiger partial charge in [-0.1, -0.05) is 88.6 Å². The Morgan fingerprint density at radius 1 is 0.794 bits per heavy atom. The molecule has 0 radical (unpaired) electrons. The zero-order valence-corrected chi connectivity index (χ0v) is 21.5. The highest BCUT2D eigenvalue weighted by atomic mass is 16.7. The van der Waals surface area contributed by atoms with Crippen LogP contribution in [0.3, 0.4) is 0 Å². The monoisotopic (exact) mass is 474 g/mol. The van der Waals surface area contributed by atoms with Gasteiger partial charge in [-0.25, -0.2) is 4.79 Å². The van der Waals surface area contributed by atoms with Crippen molar-refractivity contribution in [2.45, 2.75) is 110 Å². The standard InChI is InChI=1S/C29H46O5/c1-3-4-5-6-7-8-9-10-11-12-13-14-15-16-20-23-28(30)34-26(2)32-24-25-33-29(31)27-21-18-17-19-22-27/h10-11,17-19,21-22,26H,3-9,12-16,20,23-25H2,1-2H3/b11-10-. The summed E-state index contributed by atoms with van der Waals surface area (Å²) in [6, 6.07) is 8.80. The van der Waals surface area contributed by atoms with Crippen molar-refractivity contribution < 1.29 is 23.8 Å². The lowest BCUT2D eigenvalue weighted by Gasteiger charge is -2.14. The quantitative estimate of drug-likeness (QED) is 0.0787. The Morgan fingerprint density at radius 2 is 1.38 bits per heavy atom. The first-order valence-electron chi connectivity index (χ1n) is 13.3. The molecule has 0 spiro atoms. The predicted molar refractivity (Wildman–Crippen MR) is 138 cm³/mol. The van der Waals surface area contributed by atoms with E-state index in [0.29, 0.717) is 12.0 Å². The fraction of sp³-hybridized carbons (Fsp3) is 0.655. The second-order valence-electron chi connectivity index (χ2n) is 8.76. The van der Waals surface area contributed by atoms with E-state index in [1.807, 2.05) is 6.07 Å². The van der Waals surface area contributed by atoms with Gasteiger partial charge in [-0.05, 0) is 51.2 Å². The second kappa shape index (κ2) is 21.4. The third-order valence-corrected chi connectivity index (χ3v) is 5.62. The summed E-state index contributed by atoms with van der Waals surface area (Å²) in [7, 11) is 0. The van der Waals surface area contributed by atoms with Crippen molar-refractivity contribution >= 4 is 11.9 Å². The van der Waals surface area contributed by atoms with E-state index in [0.717, 1.165) is 25.7 Å². The first kappa shape index (κ1) is 29.9. The number of carbonyl (C=O) groups is 2. The van der Waals surface area contributed by atoms with E-state index < -0.39 is 12.3 Å². The van der Waals surface area contributed by atoms with Gasteiger partial charge in [0.15, 0.2) is 6.29 Å². The fourth-order valence-corrected chi connectivity index (χ4v) is 3.62. The number of rotatable bonds is 21. The van der Waals surface area contributed by atoms with E-state index >= 15 is 0 Å². The van der Waals surface area contributed by atoms with Gasteiger partial charge in [-0.15, -0.1) is 0 Å². The van der Waals surface area contributed by atoms with Gasteiger partial charge >= 0.3 is 11.9 Å². The van der Waals surface area contributed by atoms with Crippen LogP contribution in [-0.2, 0) is 19.0 Å². The van der Waals surface area contributed by atoms with Crippen LogP contribution in [-0.4, -0.2) is 31.4 Å². The highest BCUT2D eigenvalue weighted by molar-refractivity contribution is 5.89. The van der Waals surface area contributed by atoms with E-state index in [9.17, 15) is 9.59 Å². The second-order valence-corrected chi connectivity index (χ2v) is 8.76. The summed E-state index contributed by atoms with van der Waals surface area (Å²) in [5, 5.41) is 0. The zero-order valence-electron chi connectivity index (χ0n) is 21.5. The molecular formula is C29H46O5. The molecule has 0 aliphatic rings. The first-order valence-corrected chi connectivity index (χ1v) is 13.3. The maximum Gasteiger partial charge on any atom is 0.338 e. The Bertz CT molecular complexity index is 656. The van der Waals surface area contributed by atoms with Crippen LogP contribution < -0.4 is 0 Å². The van der Waals surface area contributed by atoms with Crippen molar-refractivity contribution in [1.29, 1.82) is 0 Å². The number of carbonyl (C=O) groups excluding carboxylic acids is 2. The summed E-state index contributed by atoms with van der Waals surface area (Å²) < 4.78 is 15.8. The van der Waals surface area contributed by atoms with E-state index in [4.69, 9.17) is 14.2 Å². The molecule has 192 valence electrons. The Balaban J connectivity index is 1.89. The van der Waals surface area contributed by atoms with Crippen LogP contribution in [0.2, 0.25) is 0 Å². The summed E-state index contributed by atoms with van der Waals surface area (Å²) in [4.78, 5) is 23.7. The number of allylic oxidation sites excluding steroid dienone is 2. The minimum Gasteiger partial charge on any atom is -0.460 e. The van der Waals surface area contributed by atoms with Crippen LogP contribution in [0, 0.1) is 0 Å². The maximum atomic E-state index is 11.9. The Kier molecular flexibility index (Phi) is 18.8. The van der Waals surface area contributed by atoms with Crippen LogP contribution in [0.5, 0.6) is 0 Å². The molecular weight excluding hydrogens is 428 g/mol. The fourth-order valence-electron chi connectivity index (χ4n) is 3.62. The summed E-state index contributed by atoms with van der Waals surface area (Å²) in [6.07, 6.45) is 20.4. The molecule has 0 bridgehead atoms. The van der Waals surface area contributed by atoms with Crippen molar-refractivity contribution in [2.24, 2.45) is 0 Å². The molecule has 1 atom stereocenters. The van der Waals surface area contributed by atoms with Crippen molar-refractivity contribution in [3.63, 3.8) is 0 Å². The average molecular weight is 475 g/mol. The Morgan fingerprint density at radius 3 is 2.03 bits per heavy atom. The molecule has 0 aliphatic carbocycles.